The molecular formula is C29H37FN3O3+. The summed E-state index contributed by atoms with van der Waals surface area (Å²) >= 11 is 0. The van der Waals surface area contributed by atoms with Gasteiger partial charge in [-0.1, -0.05) is 0 Å². The molecule has 2 atom stereocenters. The molecule has 2 aliphatic heterocycles. The monoisotopic (exact) mass is 494 g/mol. The van der Waals surface area contributed by atoms with Gasteiger partial charge >= 0.3 is 0 Å². The molecule has 0 radical (unpaired) electrons. The highest BCUT2D eigenvalue weighted by atomic mass is 19.1. The fourth-order valence-corrected chi connectivity index (χ4v) is 6.25. The van der Waals surface area contributed by atoms with Crippen LogP contribution in [0, 0.1) is 5.82 Å². The smallest absolute Gasteiger partial charge is 0.262 e. The molecule has 5 rings (SSSR count). The summed E-state index contributed by atoms with van der Waals surface area (Å²) < 4.78 is 23.8. The van der Waals surface area contributed by atoms with Crippen molar-refractivity contribution >= 4 is 16.5 Å². The molecule has 2 fully saturated rings. The van der Waals surface area contributed by atoms with Gasteiger partial charge in [0.25, 0.3) is 5.56 Å². The van der Waals surface area contributed by atoms with Gasteiger partial charge in [0, 0.05) is 62.5 Å². The van der Waals surface area contributed by atoms with Gasteiger partial charge in [-0.15, -0.1) is 0 Å². The lowest BCUT2D eigenvalue weighted by atomic mass is 10.0. The summed E-state index contributed by atoms with van der Waals surface area (Å²) in [5.41, 5.74) is 0.268. The van der Waals surface area contributed by atoms with Crippen molar-refractivity contribution in [3.8, 4) is 11.4 Å². The summed E-state index contributed by atoms with van der Waals surface area (Å²) in [7, 11) is 0. The Labute approximate surface area is 211 Å². The SMILES string of the molecule is CC(CC(C)(C)O)Oc1ccc2c(=O)n(-c3ccc([N+]4([C@@H]5CCNC5)CCCC4)c(F)c3)ccc2c1. The molecule has 36 heavy (non-hydrogen) atoms. The molecule has 3 aromatic rings. The van der Waals surface area contributed by atoms with Crippen LogP contribution in [0.4, 0.5) is 10.1 Å². The van der Waals surface area contributed by atoms with Crippen LogP contribution in [0.2, 0.25) is 0 Å². The van der Waals surface area contributed by atoms with Crippen molar-refractivity contribution in [3.05, 3.63) is 64.8 Å². The molecule has 6 nitrogen and oxygen atoms in total. The minimum atomic E-state index is -0.820. The van der Waals surface area contributed by atoms with E-state index in [1.807, 2.05) is 31.2 Å². The number of ether oxygens (including phenoxy) is 1. The number of halogens is 1. The minimum absolute atomic E-state index is 0.175. The minimum Gasteiger partial charge on any atom is -0.491 e. The van der Waals surface area contributed by atoms with Gasteiger partial charge in [-0.3, -0.25) is 13.8 Å². The molecule has 0 aliphatic carbocycles. The van der Waals surface area contributed by atoms with Gasteiger partial charge in [0.15, 0.2) is 11.5 Å². The molecule has 0 bridgehead atoms. The van der Waals surface area contributed by atoms with Crippen LogP contribution in [0.5, 0.6) is 5.75 Å². The van der Waals surface area contributed by atoms with Crippen molar-refractivity contribution in [2.75, 3.05) is 26.2 Å². The molecule has 2 saturated heterocycles. The zero-order chi connectivity index (χ0) is 25.5. The maximum absolute atomic E-state index is 15.6. The van der Waals surface area contributed by atoms with Gasteiger partial charge in [0.1, 0.15) is 11.8 Å². The van der Waals surface area contributed by atoms with Gasteiger partial charge in [-0.05, 0) is 56.5 Å². The second-order valence-corrected chi connectivity index (χ2v) is 11.2. The van der Waals surface area contributed by atoms with E-state index in [0.29, 0.717) is 33.8 Å². The van der Waals surface area contributed by atoms with Crippen LogP contribution in [-0.2, 0) is 0 Å². The highest BCUT2D eigenvalue weighted by molar-refractivity contribution is 5.83. The average Bonchev–Trinajstić information content (AvgIpc) is 3.51. The number of benzene rings is 2. The van der Waals surface area contributed by atoms with Gasteiger partial charge in [-0.25, -0.2) is 4.39 Å². The van der Waals surface area contributed by atoms with Gasteiger partial charge in [0.2, 0.25) is 0 Å². The number of fused-ring (bicyclic) bond motifs is 1. The molecule has 2 N–H and O–H groups in total. The summed E-state index contributed by atoms with van der Waals surface area (Å²) in [6, 6.07) is 12.9. The number of quaternary nitrogens is 1. The number of nitrogens with one attached hydrogen (secondary N) is 1. The Morgan fingerprint density at radius 1 is 1.19 bits per heavy atom. The molecular weight excluding hydrogens is 457 g/mol. The Kier molecular flexibility index (Phi) is 6.66. The third-order valence-corrected chi connectivity index (χ3v) is 7.79. The highest BCUT2D eigenvalue weighted by Gasteiger charge is 2.44. The Balaban J connectivity index is 1.44. The number of aliphatic hydroxyl groups is 1. The number of likely N-dealkylation sites (tertiary alicyclic amines) is 1. The van der Waals surface area contributed by atoms with E-state index in [1.165, 1.54) is 10.6 Å². The van der Waals surface area contributed by atoms with E-state index in [1.54, 1.807) is 32.2 Å². The number of nitrogens with zero attached hydrogens (tertiary/aromatic N) is 2. The molecule has 3 heterocycles. The van der Waals surface area contributed by atoms with Crippen molar-refractivity contribution < 1.29 is 14.2 Å². The molecule has 192 valence electrons. The maximum Gasteiger partial charge on any atom is 0.262 e. The third-order valence-electron chi connectivity index (χ3n) is 7.79. The van der Waals surface area contributed by atoms with Crippen LogP contribution in [-0.4, -0.2) is 53.6 Å². The average molecular weight is 495 g/mol. The van der Waals surface area contributed by atoms with E-state index in [0.717, 1.165) is 56.5 Å². The molecule has 0 amide bonds. The molecule has 0 spiro atoms. The van der Waals surface area contributed by atoms with Crippen LogP contribution in [0.3, 0.4) is 0 Å². The molecule has 1 aromatic heterocycles. The lowest BCUT2D eigenvalue weighted by Crippen LogP contribution is -2.56. The predicted molar refractivity (Wildman–Crippen MR) is 143 cm³/mol. The number of hydrogen-bond acceptors (Lipinski definition) is 4. The van der Waals surface area contributed by atoms with Crippen LogP contribution in [0.1, 0.15) is 46.5 Å². The Morgan fingerprint density at radius 2 is 1.97 bits per heavy atom. The van der Waals surface area contributed by atoms with Crippen molar-refractivity contribution in [1.82, 2.24) is 14.4 Å². The summed E-state index contributed by atoms with van der Waals surface area (Å²) in [6.45, 7) is 9.27. The predicted octanol–water partition coefficient (Wildman–Crippen LogP) is 4.52. The quantitative estimate of drug-likeness (QED) is 0.474. The standard InChI is InChI=1S/C29H37FN3O3/c1-20(18-29(2,3)35)36-24-7-8-25-21(16-24)11-13-32(28(25)34)22-6-9-27(26(30)17-22)33(14-4-5-15-33)23-10-12-31-19-23/h6-9,11,13,16-17,20,23,31,35H,4-5,10,12,14-15,18-19H2,1-3H3/q+1/t20?,23-/m1/s1. The van der Waals surface area contributed by atoms with E-state index in [4.69, 9.17) is 4.74 Å². The topological polar surface area (TPSA) is 63.5 Å². The lowest BCUT2D eigenvalue weighted by Gasteiger charge is -2.39. The first-order valence-corrected chi connectivity index (χ1v) is 13.1. The number of aromatic nitrogens is 1. The number of pyridine rings is 1. The van der Waals surface area contributed by atoms with Gasteiger partial charge in [-0.2, -0.15) is 0 Å². The maximum atomic E-state index is 15.6. The number of rotatable bonds is 7. The second kappa shape index (κ2) is 9.61. The third kappa shape index (κ3) is 4.80. The van der Waals surface area contributed by atoms with Gasteiger partial charge in [0.05, 0.1) is 30.5 Å². The first-order valence-electron chi connectivity index (χ1n) is 13.1. The van der Waals surface area contributed by atoms with E-state index < -0.39 is 5.60 Å². The first kappa shape index (κ1) is 24.9. The Bertz CT molecular complexity index is 1300. The van der Waals surface area contributed by atoms with Crippen molar-refractivity contribution in [3.63, 3.8) is 0 Å². The van der Waals surface area contributed by atoms with Crippen LogP contribution in [0.15, 0.2) is 53.5 Å². The molecule has 2 aromatic carbocycles. The fraction of sp³-hybridized carbons (Fsp3) is 0.483. The first-order chi connectivity index (χ1) is 17.2. The van der Waals surface area contributed by atoms with Gasteiger partial charge < -0.3 is 15.2 Å². The fourth-order valence-electron chi connectivity index (χ4n) is 6.25. The van der Waals surface area contributed by atoms with E-state index in [-0.39, 0.29) is 17.5 Å². The molecule has 1 unspecified atom stereocenters. The van der Waals surface area contributed by atoms with Crippen molar-refractivity contribution in [1.29, 1.82) is 0 Å². The molecule has 0 saturated carbocycles. The van der Waals surface area contributed by atoms with E-state index >= 15 is 4.39 Å². The normalized spacial score (nSPS) is 20.6. The lowest BCUT2D eigenvalue weighted by molar-refractivity contribution is 0.0324. The van der Waals surface area contributed by atoms with E-state index in [9.17, 15) is 9.90 Å². The summed E-state index contributed by atoms with van der Waals surface area (Å²) in [6.07, 6.45) is 5.31. The second-order valence-electron chi connectivity index (χ2n) is 11.2. The number of hydrogen-bond donors (Lipinski definition) is 2. The zero-order valence-corrected chi connectivity index (χ0v) is 21.5. The van der Waals surface area contributed by atoms with Crippen molar-refractivity contribution in [2.45, 2.75) is 64.2 Å². The summed E-state index contributed by atoms with van der Waals surface area (Å²) in [5, 5.41) is 14.8. The molecule has 7 heteroatoms. The summed E-state index contributed by atoms with van der Waals surface area (Å²) in [4.78, 5) is 13.3. The largest absolute Gasteiger partial charge is 0.491 e. The Morgan fingerprint density at radius 3 is 2.64 bits per heavy atom. The van der Waals surface area contributed by atoms with Crippen molar-refractivity contribution in [2.24, 2.45) is 0 Å². The Hall–Kier alpha value is -2.74. The molecule has 2 aliphatic rings. The highest BCUT2D eigenvalue weighted by Crippen LogP contribution is 2.37. The van der Waals surface area contributed by atoms with E-state index in [2.05, 4.69) is 5.32 Å². The van der Waals surface area contributed by atoms with Crippen LogP contribution < -0.4 is 20.1 Å². The summed E-state index contributed by atoms with van der Waals surface area (Å²) in [5.74, 6) is 0.408. The zero-order valence-electron chi connectivity index (χ0n) is 21.5. The van der Waals surface area contributed by atoms with Crippen LogP contribution in [0.25, 0.3) is 16.5 Å². The van der Waals surface area contributed by atoms with Crippen LogP contribution >= 0.6 is 0 Å².